The molecule has 0 spiro atoms. The van der Waals surface area contributed by atoms with Crippen molar-refractivity contribution in [2.75, 3.05) is 32.6 Å². The molecule has 25 heavy (non-hydrogen) atoms. The maximum Gasteiger partial charge on any atom is 0.239 e. The van der Waals surface area contributed by atoms with Crippen molar-refractivity contribution in [3.63, 3.8) is 0 Å². The number of nitrogens with one attached hydrogen (secondary N) is 2. The van der Waals surface area contributed by atoms with Crippen molar-refractivity contribution in [2.24, 2.45) is 0 Å². The number of hydrogen-bond acceptors (Lipinski definition) is 4. The lowest BCUT2D eigenvalue weighted by Crippen LogP contribution is -2.31. The Bertz CT molecular complexity index is 738. The summed E-state index contributed by atoms with van der Waals surface area (Å²) < 4.78 is 10.5. The zero-order valence-corrected chi connectivity index (χ0v) is 15.6. The molecule has 0 saturated carbocycles. The maximum absolute atomic E-state index is 11.9. The molecule has 0 saturated heterocycles. The van der Waals surface area contributed by atoms with Crippen LogP contribution >= 0.6 is 23.2 Å². The van der Waals surface area contributed by atoms with Crippen LogP contribution in [-0.2, 0) is 11.2 Å². The quantitative estimate of drug-likeness (QED) is 0.729. The molecular weight excluding hydrogens is 363 g/mol. The number of carbonyl (C=O) groups is 1. The van der Waals surface area contributed by atoms with E-state index >= 15 is 0 Å². The van der Waals surface area contributed by atoms with Crippen molar-refractivity contribution in [1.82, 2.24) is 5.32 Å². The van der Waals surface area contributed by atoms with Crippen molar-refractivity contribution >= 4 is 34.8 Å². The standard InChI is InChI=1S/C18H20Cl2N2O3/c1-24-15-7-6-12(10-16(15)25-2)8-9-21-17(23)11-22-14-5-3-4-13(19)18(14)20/h3-7,10,22H,8-9,11H2,1-2H3,(H,21,23). The molecule has 0 fully saturated rings. The molecule has 2 aromatic carbocycles. The largest absolute Gasteiger partial charge is 0.493 e. The molecule has 134 valence electrons. The van der Waals surface area contributed by atoms with E-state index in [2.05, 4.69) is 10.6 Å². The fourth-order valence-corrected chi connectivity index (χ4v) is 2.63. The molecule has 0 aromatic heterocycles. The lowest BCUT2D eigenvalue weighted by molar-refractivity contribution is -0.119. The number of halogens is 2. The second-order valence-corrected chi connectivity index (χ2v) is 6.03. The van der Waals surface area contributed by atoms with Crippen LogP contribution in [0.15, 0.2) is 36.4 Å². The minimum absolute atomic E-state index is 0.117. The number of rotatable bonds is 8. The summed E-state index contributed by atoms with van der Waals surface area (Å²) in [6, 6.07) is 10.9. The monoisotopic (exact) mass is 382 g/mol. The van der Waals surface area contributed by atoms with E-state index in [0.29, 0.717) is 40.2 Å². The molecule has 1 amide bonds. The van der Waals surface area contributed by atoms with Crippen molar-refractivity contribution in [3.05, 3.63) is 52.0 Å². The van der Waals surface area contributed by atoms with Gasteiger partial charge in [-0.3, -0.25) is 4.79 Å². The number of ether oxygens (including phenoxy) is 2. The molecule has 2 N–H and O–H groups in total. The normalized spacial score (nSPS) is 10.2. The minimum atomic E-state index is -0.128. The van der Waals surface area contributed by atoms with Gasteiger partial charge in [0.15, 0.2) is 11.5 Å². The van der Waals surface area contributed by atoms with Crippen molar-refractivity contribution < 1.29 is 14.3 Å². The van der Waals surface area contributed by atoms with E-state index in [0.717, 1.165) is 5.56 Å². The maximum atomic E-state index is 11.9. The molecule has 0 aliphatic heterocycles. The van der Waals surface area contributed by atoms with E-state index in [-0.39, 0.29) is 12.5 Å². The van der Waals surface area contributed by atoms with Gasteiger partial charge in [0, 0.05) is 6.54 Å². The molecule has 5 nitrogen and oxygen atoms in total. The summed E-state index contributed by atoms with van der Waals surface area (Å²) in [5, 5.41) is 6.67. The van der Waals surface area contributed by atoms with Gasteiger partial charge in [0.05, 0.1) is 36.5 Å². The third-order valence-corrected chi connectivity index (χ3v) is 4.39. The molecule has 0 bridgehead atoms. The number of carbonyl (C=O) groups excluding carboxylic acids is 1. The first-order valence-electron chi connectivity index (χ1n) is 7.70. The fourth-order valence-electron chi connectivity index (χ4n) is 2.26. The molecule has 7 heteroatoms. The first kappa shape index (κ1) is 19.2. The van der Waals surface area contributed by atoms with E-state index in [4.69, 9.17) is 32.7 Å². The van der Waals surface area contributed by atoms with Crippen molar-refractivity contribution in [1.29, 1.82) is 0 Å². The summed E-state index contributed by atoms with van der Waals surface area (Å²) in [4.78, 5) is 11.9. The summed E-state index contributed by atoms with van der Waals surface area (Å²) in [7, 11) is 3.19. The van der Waals surface area contributed by atoms with Crippen LogP contribution in [0.25, 0.3) is 0 Å². The van der Waals surface area contributed by atoms with Crippen LogP contribution in [0.1, 0.15) is 5.56 Å². The van der Waals surface area contributed by atoms with Gasteiger partial charge in [0.25, 0.3) is 0 Å². The lowest BCUT2D eigenvalue weighted by atomic mass is 10.1. The Morgan fingerprint density at radius 1 is 1.08 bits per heavy atom. The highest BCUT2D eigenvalue weighted by Crippen LogP contribution is 2.29. The zero-order valence-electron chi connectivity index (χ0n) is 14.1. The highest BCUT2D eigenvalue weighted by atomic mass is 35.5. The minimum Gasteiger partial charge on any atom is -0.493 e. The van der Waals surface area contributed by atoms with Gasteiger partial charge in [0.2, 0.25) is 5.91 Å². The van der Waals surface area contributed by atoms with Crippen LogP contribution in [-0.4, -0.2) is 33.2 Å². The third kappa shape index (κ3) is 5.44. The van der Waals surface area contributed by atoms with Gasteiger partial charge >= 0.3 is 0 Å². The number of hydrogen-bond donors (Lipinski definition) is 2. The average molecular weight is 383 g/mol. The molecule has 0 aliphatic carbocycles. The van der Waals surface area contributed by atoms with Gasteiger partial charge in [-0.2, -0.15) is 0 Å². The number of methoxy groups -OCH3 is 2. The summed E-state index contributed by atoms with van der Waals surface area (Å²) >= 11 is 12.0. The molecule has 0 radical (unpaired) electrons. The Morgan fingerprint density at radius 3 is 2.56 bits per heavy atom. The van der Waals surface area contributed by atoms with Gasteiger partial charge in [0.1, 0.15) is 0 Å². The van der Waals surface area contributed by atoms with Gasteiger partial charge in [-0.25, -0.2) is 0 Å². The van der Waals surface area contributed by atoms with Gasteiger partial charge in [-0.1, -0.05) is 35.3 Å². The van der Waals surface area contributed by atoms with Crippen LogP contribution in [0.5, 0.6) is 11.5 Å². The van der Waals surface area contributed by atoms with E-state index in [1.165, 1.54) is 0 Å². The molecule has 0 unspecified atom stereocenters. The first-order valence-corrected chi connectivity index (χ1v) is 8.46. The summed E-state index contributed by atoms with van der Waals surface area (Å²) in [6.45, 7) is 0.630. The van der Waals surface area contributed by atoms with Crippen molar-refractivity contribution in [2.45, 2.75) is 6.42 Å². The van der Waals surface area contributed by atoms with Crippen LogP contribution in [0.2, 0.25) is 10.0 Å². The van der Waals surface area contributed by atoms with Crippen LogP contribution in [0.3, 0.4) is 0 Å². The number of amides is 1. The van der Waals surface area contributed by atoms with Gasteiger partial charge < -0.3 is 20.1 Å². The Kier molecular flexibility index (Phi) is 7.22. The Morgan fingerprint density at radius 2 is 1.84 bits per heavy atom. The fraction of sp³-hybridized carbons (Fsp3) is 0.278. The van der Waals surface area contributed by atoms with E-state index in [1.807, 2.05) is 18.2 Å². The van der Waals surface area contributed by atoms with Crippen LogP contribution in [0.4, 0.5) is 5.69 Å². The first-order chi connectivity index (χ1) is 12.0. The Balaban J connectivity index is 1.80. The van der Waals surface area contributed by atoms with E-state index in [9.17, 15) is 4.79 Å². The smallest absolute Gasteiger partial charge is 0.239 e. The highest BCUT2D eigenvalue weighted by Gasteiger charge is 2.07. The lowest BCUT2D eigenvalue weighted by Gasteiger charge is -2.11. The SMILES string of the molecule is COc1ccc(CCNC(=O)CNc2cccc(Cl)c2Cl)cc1OC. The predicted octanol–water partition coefficient (Wildman–Crippen LogP) is 3.78. The number of anilines is 1. The third-order valence-electron chi connectivity index (χ3n) is 3.57. The van der Waals surface area contributed by atoms with Crippen molar-refractivity contribution in [3.8, 4) is 11.5 Å². The van der Waals surface area contributed by atoms with Gasteiger partial charge in [-0.15, -0.1) is 0 Å². The Hall–Kier alpha value is -2.11. The highest BCUT2D eigenvalue weighted by molar-refractivity contribution is 6.43. The zero-order chi connectivity index (χ0) is 18.2. The summed E-state index contributed by atoms with van der Waals surface area (Å²) in [5.41, 5.74) is 1.67. The molecule has 0 heterocycles. The summed E-state index contributed by atoms with van der Waals surface area (Å²) in [5.74, 6) is 1.22. The molecule has 0 atom stereocenters. The van der Waals surface area contributed by atoms with Crippen LogP contribution < -0.4 is 20.1 Å². The second-order valence-electron chi connectivity index (χ2n) is 5.24. The Labute approximate surface area is 157 Å². The van der Waals surface area contributed by atoms with E-state index in [1.54, 1.807) is 32.4 Å². The van der Waals surface area contributed by atoms with Gasteiger partial charge in [-0.05, 0) is 36.2 Å². The number of benzene rings is 2. The summed E-state index contributed by atoms with van der Waals surface area (Å²) in [6.07, 6.45) is 0.685. The van der Waals surface area contributed by atoms with Crippen LogP contribution in [0, 0.1) is 0 Å². The van der Waals surface area contributed by atoms with E-state index < -0.39 is 0 Å². The average Bonchev–Trinajstić information content (AvgIpc) is 2.62. The predicted molar refractivity (Wildman–Crippen MR) is 101 cm³/mol. The molecule has 0 aliphatic rings. The topological polar surface area (TPSA) is 59.6 Å². The molecular formula is C18H20Cl2N2O3. The molecule has 2 rings (SSSR count). The molecule has 2 aromatic rings. The second kappa shape index (κ2) is 9.39.